The molecule has 0 unspecified atom stereocenters. The summed E-state index contributed by atoms with van der Waals surface area (Å²) in [6.45, 7) is 0. The molecule has 42 valence electrons. The molecule has 1 aliphatic rings. The summed E-state index contributed by atoms with van der Waals surface area (Å²) in [5, 5.41) is 0.176. The third-order valence-electron chi connectivity index (χ3n) is 0.948. The Bertz CT molecular complexity index is 79.8. The van der Waals surface area contributed by atoms with Crippen molar-refractivity contribution in [1.29, 1.82) is 0 Å². The van der Waals surface area contributed by atoms with Crippen molar-refractivity contribution in [3.63, 3.8) is 0 Å². The lowest BCUT2D eigenvalue weighted by atomic mass is 10.5. The zero-order valence-electron chi connectivity index (χ0n) is 3.78. The quantitative estimate of drug-likeness (QED) is 0.352. The maximum absolute atomic E-state index is 10.1. The van der Waals surface area contributed by atoms with Crippen molar-refractivity contribution in [1.82, 2.24) is 0 Å². The van der Waals surface area contributed by atoms with Crippen LogP contribution in [0.2, 0.25) is 0 Å². The van der Waals surface area contributed by atoms with Crippen molar-refractivity contribution in [2.75, 3.05) is 0 Å². The molecular weight excluding hydrogens is 132 g/mol. The van der Waals surface area contributed by atoms with Gasteiger partial charge in [0.15, 0.2) is 0 Å². The molecule has 1 fully saturated rings. The first kappa shape index (κ1) is 7.31. The minimum absolute atomic E-state index is 0. The molecule has 0 atom stereocenters. The molecule has 0 saturated heterocycles. The third-order valence-corrected chi connectivity index (χ3v) is 1.36. The van der Waals surface area contributed by atoms with E-state index in [1.165, 1.54) is 0 Å². The third kappa shape index (κ3) is 2.19. The van der Waals surface area contributed by atoms with E-state index in [2.05, 4.69) is 12.6 Å². The highest BCUT2D eigenvalue weighted by Gasteiger charge is 2.31. The molecule has 0 bridgehead atoms. The Hall–Kier alpha value is 0.310. The smallest absolute Gasteiger partial charge is 0.329 e. The molecule has 0 aromatic rings. The second-order valence-electron chi connectivity index (χ2n) is 1.64. The van der Waals surface area contributed by atoms with E-state index in [0.717, 1.165) is 12.8 Å². The molecule has 7 heavy (non-hydrogen) atoms. The zero-order valence-corrected chi connectivity index (χ0v) is 5.53. The summed E-state index contributed by atoms with van der Waals surface area (Å²) in [7, 11) is 0. The first-order chi connectivity index (χ1) is 2.80. The fraction of sp³-hybridized carbons (Fsp3) is 0.750. The molecule has 1 saturated carbocycles. The Morgan fingerprint density at radius 1 is 1.57 bits per heavy atom. The number of carbonyl (C=O) groups excluding carboxylic acids is 1. The van der Waals surface area contributed by atoms with E-state index in [9.17, 15) is 4.79 Å². The second kappa shape index (κ2) is 2.58. The number of halogens is 1. The van der Waals surface area contributed by atoms with Crippen LogP contribution >= 0.6 is 0 Å². The predicted molar refractivity (Wildman–Crippen MR) is 27.9 cm³/mol. The van der Waals surface area contributed by atoms with Gasteiger partial charge in [-0.25, -0.2) is 4.79 Å². The Kier molecular flexibility index (Phi) is 2.69. The summed E-state index contributed by atoms with van der Waals surface area (Å²) in [5.74, 6) is 0.377. The molecule has 0 heterocycles. The van der Waals surface area contributed by atoms with Gasteiger partial charge in [0, 0.05) is 12.6 Å². The van der Waals surface area contributed by atoms with Gasteiger partial charge in [0.2, 0.25) is 0 Å². The van der Waals surface area contributed by atoms with E-state index in [1.54, 1.807) is 0 Å². The van der Waals surface area contributed by atoms with Crippen molar-refractivity contribution in [3.05, 3.63) is 0 Å². The summed E-state index contributed by atoms with van der Waals surface area (Å²) >= 11 is 2.91. The molecule has 3 heteroatoms. The van der Waals surface area contributed by atoms with Gasteiger partial charge < -0.3 is 12.4 Å². The van der Waals surface area contributed by atoms with E-state index >= 15 is 0 Å². The van der Waals surface area contributed by atoms with Crippen LogP contribution in [0.25, 0.3) is 0 Å². The normalized spacial score (nSPS) is 17.9. The fourth-order valence-corrected chi connectivity index (χ4v) is 0.634. The van der Waals surface area contributed by atoms with E-state index in [4.69, 9.17) is 0 Å². The summed E-state index contributed by atoms with van der Waals surface area (Å²) in [6.07, 6.45) is 2.20. The number of hydrogen-bond donors (Lipinski definition) is 0. The van der Waals surface area contributed by atoms with Crippen LogP contribution in [0.3, 0.4) is 0 Å². The maximum Gasteiger partial charge on any atom is 0.329 e. The summed E-state index contributed by atoms with van der Waals surface area (Å²) in [4.78, 5) is 10.1. The van der Waals surface area contributed by atoms with Crippen LogP contribution in [0.15, 0.2) is 0 Å². The van der Waals surface area contributed by atoms with Gasteiger partial charge in [-0.05, 0) is 12.8 Å². The molecule has 0 radical (unpaired) electrons. The minimum Gasteiger partial charge on any atom is -1.00 e. The van der Waals surface area contributed by atoms with E-state index in [-0.39, 0.29) is 17.5 Å². The Balaban J connectivity index is 0.000000360. The Labute approximate surface area is 54.3 Å². The van der Waals surface area contributed by atoms with Gasteiger partial charge in [-0.3, -0.25) is 0 Å². The monoisotopic (exact) mass is 138 g/mol. The number of rotatable bonds is 1. The van der Waals surface area contributed by atoms with Crippen molar-refractivity contribution in [2.24, 2.45) is 5.92 Å². The fourth-order valence-electron chi connectivity index (χ4n) is 0.346. The largest absolute Gasteiger partial charge is 1.00 e. The minimum atomic E-state index is 0. The summed E-state index contributed by atoms with van der Waals surface area (Å²) in [6, 6.07) is 0. The van der Waals surface area contributed by atoms with Gasteiger partial charge in [0.25, 0.3) is 0 Å². The highest BCUT2D eigenvalue weighted by atomic mass is 35.5. The van der Waals surface area contributed by atoms with Gasteiger partial charge in [-0.2, -0.15) is 0 Å². The first-order valence-electron chi connectivity index (χ1n) is 2.06. The lowest BCUT2D eigenvalue weighted by Gasteiger charge is -1.66. The highest BCUT2D eigenvalue weighted by Crippen LogP contribution is 2.28. The van der Waals surface area contributed by atoms with Crippen LogP contribution in [0.5, 0.6) is 0 Å². The molecule has 0 N–H and O–H groups in total. The molecular formula is C4H7ClOS. The molecule has 0 aromatic heterocycles. The lowest BCUT2D eigenvalue weighted by molar-refractivity contribution is -0.111. The number of hydrogen-bond acceptors (Lipinski definition) is 1. The van der Waals surface area contributed by atoms with Crippen molar-refractivity contribution in [2.45, 2.75) is 12.8 Å². The second-order valence-corrected chi connectivity index (χ2v) is 2.13. The van der Waals surface area contributed by atoms with Gasteiger partial charge in [-0.1, -0.05) is 0 Å². The van der Waals surface area contributed by atoms with Gasteiger partial charge in [0.1, 0.15) is 0 Å². The van der Waals surface area contributed by atoms with Gasteiger partial charge in [-0.15, -0.1) is 0 Å². The van der Waals surface area contributed by atoms with Crippen LogP contribution in [0.1, 0.15) is 12.8 Å². The van der Waals surface area contributed by atoms with Gasteiger partial charge in [0.05, 0.1) is 5.92 Å². The van der Waals surface area contributed by atoms with Crippen LogP contribution in [0.4, 0.5) is 0 Å². The van der Waals surface area contributed by atoms with Crippen molar-refractivity contribution >= 4 is 17.7 Å². The molecule has 0 aromatic carbocycles. The lowest BCUT2D eigenvalue weighted by Crippen LogP contribution is -3.00. The predicted octanol–water partition coefficient (Wildman–Crippen LogP) is -3.06. The SMILES string of the molecule is O=C([SH2+])C1CC1.[Cl-]. The first-order valence-corrected chi connectivity index (χ1v) is 2.56. The Morgan fingerprint density at radius 2 is 2.00 bits per heavy atom. The standard InChI is InChI=1S/C4H6OS.ClH/c5-4(6)3-1-2-3;/h3H,1-2H2,(H,5,6);1H. The molecule has 1 aliphatic carbocycles. The zero-order chi connectivity index (χ0) is 4.57. The van der Waals surface area contributed by atoms with Gasteiger partial charge >= 0.3 is 5.12 Å². The Morgan fingerprint density at radius 3 is 2.00 bits per heavy atom. The average molecular weight is 139 g/mol. The highest BCUT2D eigenvalue weighted by molar-refractivity contribution is 7.77. The van der Waals surface area contributed by atoms with Crippen LogP contribution in [0, 0.1) is 5.92 Å². The molecule has 1 rings (SSSR count). The van der Waals surface area contributed by atoms with Crippen LogP contribution in [-0.2, 0) is 17.4 Å². The van der Waals surface area contributed by atoms with Crippen LogP contribution < -0.4 is 12.4 Å². The maximum atomic E-state index is 10.1. The van der Waals surface area contributed by atoms with Crippen LogP contribution in [-0.4, -0.2) is 5.12 Å². The van der Waals surface area contributed by atoms with Crippen molar-refractivity contribution < 1.29 is 17.2 Å². The van der Waals surface area contributed by atoms with E-state index in [0.29, 0.717) is 5.92 Å². The molecule has 0 aliphatic heterocycles. The molecule has 0 spiro atoms. The van der Waals surface area contributed by atoms with E-state index < -0.39 is 0 Å². The molecule has 0 amide bonds. The summed E-state index contributed by atoms with van der Waals surface area (Å²) in [5.41, 5.74) is 0. The van der Waals surface area contributed by atoms with E-state index in [1.807, 2.05) is 0 Å². The summed E-state index contributed by atoms with van der Waals surface area (Å²) < 4.78 is 0. The topological polar surface area (TPSA) is 17.1 Å². The number of carbonyl (C=O) groups is 1. The average Bonchev–Trinajstić information content (AvgIpc) is 2.06. The molecule has 1 nitrogen and oxygen atoms in total. The van der Waals surface area contributed by atoms with Crippen molar-refractivity contribution in [3.8, 4) is 0 Å².